The molecule has 0 atom stereocenters. The van der Waals surface area contributed by atoms with Crippen LogP contribution in [-0.4, -0.2) is 10.4 Å². The molecule has 0 radical (unpaired) electrons. The molecule has 136 valence electrons. The lowest BCUT2D eigenvalue weighted by molar-refractivity contribution is -0.120. The third kappa shape index (κ3) is 3.86. The van der Waals surface area contributed by atoms with Crippen molar-refractivity contribution in [1.29, 1.82) is 5.26 Å². The molecule has 26 heavy (non-hydrogen) atoms. The molecule has 2 aromatic rings. The largest absolute Gasteiger partial charge is 0.298 e. The number of carbonyl (C=O) groups excluding carboxylic acids is 1. The van der Waals surface area contributed by atoms with Crippen LogP contribution in [0.25, 0.3) is 11.6 Å². The molecule has 0 saturated heterocycles. The van der Waals surface area contributed by atoms with Gasteiger partial charge in [0.15, 0.2) is 5.78 Å². The zero-order chi connectivity index (χ0) is 19.6. The van der Waals surface area contributed by atoms with Crippen molar-refractivity contribution in [3.63, 3.8) is 0 Å². The number of ketones is 1. The predicted octanol–water partition coefficient (Wildman–Crippen LogP) is 2.66. The Kier molecular flexibility index (Phi) is 5.68. The maximum atomic E-state index is 12.8. The number of hydrogen-bond donors (Lipinski definition) is 0. The summed E-state index contributed by atoms with van der Waals surface area (Å²) in [7, 11) is 0. The molecule has 0 N–H and O–H groups in total. The van der Waals surface area contributed by atoms with Crippen molar-refractivity contribution in [1.82, 2.24) is 4.57 Å². The van der Waals surface area contributed by atoms with E-state index in [0.29, 0.717) is 15.7 Å². The van der Waals surface area contributed by atoms with Gasteiger partial charge < -0.3 is 0 Å². The minimum atomic E-state index is -0.680. The molecule has 0 saturated carbocycles. The van der Waals surface area contributed by atoms with Crippen LogP contribution < -0.4 is 14.8 Å². The summed E-state index contributed by atoms with van der Waals surface area (Å²) < 4.78 is 2.49. The summed E-state index contributed by atoms with van der Waals surface area (Å²) in [4.78, 5) is 25.5. The molecule has 0 aliphatic carbocycles. The van der Waals surface area contributed by atoms with Gasteiger partial charge in [-0.3, -0.25) is 14.2 Å². The number of hydrogen-bond acceptors (Lipinski definition) is 4. The SMILES string of the molecule is CCn1c(=C(C#N)C(=O)C(C)(C)C)sc(=Cc2cc(C)ccc2C)c1=O. The summed E-state index contributed by atoms with van der Waals surface area (Å²) in [6.07, 6.45) is 1.85. The Balaban J connectivity index is 2.87. The van der Waals surface area contributed by atoms with Crippen LogP contribution in [0.4, 0.5) is 0 Å². The second-order valence-electron chi connectivity index (χ2n) is 7.39. The monoisotopic (exact) mass is 368 g/mol. The van der Waals surface area contributed by atoms with Crippen molar-refractivity contribution in [3.8, 4) is 6.07 Å². The summed E-state index contributed by atoms with van der Waals surface area (Å²) in [5.41, 5.74) is 2.37. The van der Waals surface area contributed by atoms with Gasteiger partial charge in [-0.25, -0.2) is 0 Å². The second-order valence-corrected chi connectivity index (χ2v) is 8.42. The Morgan fingerprint density at radius 1 is 1.31 bits per heavy atom. The molecule has 0 aliphatic rings. The third-order valence-corrected chi connectivity index (χ3v) is 5.31. The average Bonchev–Trinajstić information content (AvgIpc) is 2.86. The number of benzene rings is 1. The fourth-order valence-corrected chi connectivity index (χ4v) is 3.77. The average molecular weight is 369 g/mol. The number of carbonyl (C=O) groups is 1. The normalized spacial score (nSPS) is 13.5. The van der Waals surface area contributed by atoms with Gasteiger partial charge in [0.05, 0.1) is 4.53 Å². The van der Waals surface area contributed by atoms with Crippen molar-refractivity contribution in [3.05, 3.63) is 54.4 Å². The van der Waals surface area contributed by atoms with Gasteiger partial charge >= 0.3 is 0 Å². The van der Waals surface area contributed by atoms with Crippen LogP contribution in [0.15, 0.2) is 23.0 Å². The van der Waals surface area contributed by atoms with E-state index in [2.05, 4.69) is 0 Å². The number of aromatic nitrogens is 1. The van der Waals surface area contributed by atoms with Crippen LogP contribution in [0, 0.1) is 30.6 Å². The highest BCUT2D eigenvalue weighted by Crippen LogP contribution is 2.19. The van der Waals surface area contributed by atoms with Crippen LogP contribution in [0.3, 0.4) is 0 Å². The van der Waals surface area contributed by atoms with Gasteiger partial charge in [0.25, 0.3) is 5.56 Å². The van der Waals surface area contributed by atoms with E-state index in [4.69, 9.17) is 0 Å². The molecule has 0 amide bonds. The highest BCUT2D eigenvalue weighted by atomic mass is 32.1. The molecule has 0 fully saturated rings. The number of aryl methyl sites for hydroxylation is 2. The van der Waals surface area contributed by atoms with E-state index in [-0.39, 0.29) is 16.9 Å². The highest BCUT2D eigenvalue weighted by molar-refractivity contribution is 7.07. The maximum absolute atomic E-state index is 12.8. The van der Waals surface area contributed by atoms with E-state index in [0.717, 1.165) is 16.7 Å². The number of Topliss-reactive ketones (excluding diaryl/α,β-unsaturated/α-hetero) is 1. The molecular weight excluding hydrogens is 344 g/mol. The maximum Gasteiger partial charge on any atom is 0.269 e. The highest BCUT2D eigenvalue weighted by Gasteiger charge is 2.27. The molecule has 2 rings (SSSR count). The van der Waals surface area contributed by atoms with Crippen LogP contribution in [0.1, 0.15) is 44.4 Å². The van der Waals surface area contributed by atoms with Crippen LogP contribution >= 0.6 is 11.3 Å². The number of thiazole rings is 1. The van der Waals surface area contributed by atoms with Crippen molar-refractivity contribution in [2.75, 3.05) is 0 Å². The standard InChI is InChI=1S/C21H24N2O2S/c1-7-23-19(25)17(11-15-10-13(2)8-9-14(15)3)26-20(23)16(12-22)18(24)21(4,5)6/h8-11H,7H2,1-6H3. The van der Waals surface area contributed by atoms with Gasteiger partial charge in [0.2, 0.25) is 0 Å². The van der Waals surface area contributed by atoms with Gasteiger partial charge in [0, 0.05) is 12.0 Å². The fourth-order valence-electron chi connectivity index (χ4n) is 2.62. The summed E-state index contributed by atoms with van der Waals surface area (Å²) in [5, 5.41) is 9.58. The van der Waals surface area contributed by atoms with E-state index in [9.17, 15) is 14.9 Å². The minimum absolute atomic E-state index is 0.0575. The molecule has 1 aromatic carbocycles. The van der Waals surface area contributed by atoms with E-state index in [1.54, 1.807) is 20.8 Å². The van der Waals surface area contributed by atoms with Gasteiger partial charge in [-0.15, -0.1) is 11.3 Å². The van der Waals surface area contributed by atoms with E-state index < -0.39 is 5.41 Å². The lowest BCUT2D eigenvalue weighted by Crippen LogP contribution is -2.33. The first-order chi connectivity index (χ1) is 12.1. The van der Waals surface area contributed by atoms with Crippen molar-refractivity contribution >= 4 is 28.8 Å². The lowest BCUT2D eigenvalue weighted by Gasteiger charge is -2.15. The Morgan fingerprint density at radius 2 is 1.96 bits per heavy atom. The second kappa shape index (κ2) is 7.43. The fraction of sp³-hybridized carbons (Fsp3) is 0.381. The molecule has 5 heteroatoms. The molecule has 1 aromatic heterocycles. The first-order valence-corrected chi connectivity index (χ1v) is 9.39. The molecule has 0 aliphatic heterocycles. The number of nitrogens with zero attached hydrogens (tertiary/aromatic N) is 2. The molecule has 0 bridgehead atoms. The first kappa shape index (κ1) is 19.9. The zero-order valence-electron chi connectivity index (χ0n) is 16.1. The van der Waals surface area contributed by atoms with Crippen molar-refractivity contribution in [2.24, 2.45) is 5.41 Å². The van der Waals surface area contributed by atoms with E-state index in [1.165, 1.54) is 15.9 Å². The number of rotatable bonds is 3. The minimum Gasteiger partial charge on any atom is -0.298 e. The summed E-state index contributed by atoms with van der Waals surface area (Å²) in [6.45, 7) is 11.6. The summed E-state index contributed by atoms with van der Waals surface area (Å²) in [5.74, 6) is -0.248. The van der Waals surface area contributed by atoms with Gasteiger partial charge in [-0.05, 0) is 38.0 Å². The number of nitriles is 1. The molecule has 0 unspecified atom stereocenters. The Labute approximate surface area is 157 Å². The van der Waals surface area contributed by atoms with Gasteiger partial charge in [0.1, 0.15) is 16.3 Å². The molecule has 0 spiro atoms. The zero-order valence-corrected chi connectivity index (χ0v) is 17.0. The van der Waals surface area contributed by atoms with Crippen LogP contribution in [-0.2, 0) is 11.3 Å². The molecule has 1 heterocycles. The van der Waals surface area contributed by atoms with E-state index >= 15 is 0 Å². The Bertz CT molecular complexity index is 1070. The lowest BCUT2D eigenvalue weighted by atomic mass is 9.87. The quantitative estimate of drug-likeness (QED) is 0.837. The molecular formula is C21H24N2O2S. The Hall–Kier alpha value is -2.45. The summed E-state index contributed by atoms with van der Waals surface area (Å²) in [6, 6.07) is 8.10. The summed E-state index contributed by atoms with van der Waals surface area (Å²) >= 11 is 1.21. The smallest absolute Gasteiger partial charge is 0.269 e. The van der Waals surface area contributed by atoms with Crippen molar-refractivity contribution in [2.45, 2.75) is 48.1 Å². The van der Waals surface area contributed by atoms with E-state index in [1.807, 2.05) is 51.1 Å². The third-order valence-electron chi connectivity index (χ3n) is 4.18. The first-order valence-electron chi connectivity index (χ1n) is 8.58. The van der Waals surface area contributed by atoms with Gasteiger partial charge in [-0.2, -0.15) is 5.26 Å². The van der Waals surface area contributed by atoms with Crippen molar-refractivity contribution < 1.29 is 4.79 Å². The topological polar surface area (TPSA) is 62.9 Å². The predicted molar refractivity (Wildman–Crippen MR) is 106 cm³/mol. The Morgan fingerprint density at radius 3 is 2.50 bits per heavy atom. The van der Waals surface area contributed by atoms with Crippen LogP contribution in [0.2, 0.25) is 0 Å². The van der Waals surface area contributed by atoms with Crippen LogP contribution in [0.5, 0.6) is 0 Å². The van der Waals surface area contributed by atoms with Gasteiger partial charge in [-0.1, -0.05) is 44.5 Å². The molecule has 4 nitrogen and oxygen atoms in total.